The van der Waals surface area contributed by atoms with E-state index in [1.54, 1.807) is 0 Å². The standard InChI is InChI=1S/C23H23N3O3/c1-15-7-10-20-21(26(15)23(27)28)12-11-19(16-13-24-25(14-16)17-8-9-17)22(20)29-18-5-3-2-4-6-18/h2-6,11-15,17H,7-10H2,1H3,(H,27,28). The number of ether oxygens (including phenoxy) is 1. The number of anilines is 1. The number of aromatic nitrogens is 2. The summed E-state index contributed by atoms with van der Waals surface area (Å²) >= 11 is 0. The van der Waals surface area contributed by atoms with Crippen LogP contribution in [0.4, 0.5) is 10.5 Å². The fourth-order valence-electron chi connectivity index (χ4n) is 4.06. The van der Waals surface area contributed by atoms with E-state index in [0.29, 0.717) is 11.7 Å². The minimum atomic E-state index is -0.932. The molecule has 6 heteroatoms. The van der Waals surface area contributed by atoms with E-state index in [1.165, 1.54) is 17.7 Å². The summed E-state index contributed by atoms with van der Waals surface area (Å²) < 4.78 is 8.37. The van der Waals surface area contributed by atoms with Crippen molar-refractivity contribution < 1.29 is 14.6 Å². The Morgan fingerprint density at radius 3 is 2.66 bits per heavy atom. The molecule has 5 rings (SSSR count). The molecular weight excluding hydrogens is 366 g/mol. The van der Waals surface area contributed by atoms with Crippen LogP contribution in [0.5, 0.6) is 11.5 Å². The average Bonchev–Trinajstić information content (AvgIpc) is 3.46. The lowest BCUT2D eigenvalue weighted by Crippen LogP contribution is -2.41. The highest BCUT2D eigenvalue weighted by atomic mass is 16.5. The van der Waals surface area contributed by atoms with Gasteiger partial charge in [0.15, 0.2) is 0 Å². The normalized spacial score (nSPS) is 18.4. The maximum atomic E-state index is 11.9. The molecule has 0 spiro atoms. The second kappa shape index (κ2) is 6.95. The summed E-state index contributed by atoms with van der Waals surface area (Å²) in [5.74, 6) is 1.46. The van der Waals surface area contributed by atoms with E-state index < -0.39 is 6.09 Å². The number of carboxylic acid groups (broad SMARTS) is 1. The molecule has 1 atom stereocenters. The van der Waals surface area contributed by atoms with Crippen LogP contribution in [0.1, 0.15) is 37.8 Å². The fourth-order valence-corrected chi connectivity index (χ4v) is 4.06. The molecule has 2 aromatic carbocycles. The van der Waals surface area contributed by atoms with Gasteiger partial charge in [-0.25, -0.2) is 4.79 Å². The Morgan fingerprint density at radius 2 is 1.93 bits per heavy atom. The molecule has 0 bridgehead atoms. The van der Waals surface area contributed by atoms with Gasteiger partial charge in [-0.15, -0.1) is 0 Å². The number of nitrogens with zero attached hydrogens (tertiary/aromatic N) is 3. The number of hydrogen-bond acceptors (Lipinski definition) is 3. The van der Waals surface area contributed by atoms with Crippen molar-refractivity contribution in [1.82, 2.24) is 9.78 Å². The summed E-state index contributed by atoms with van der Waals surface area (Å²) in [6.45, 7) is 1.95. The van der Waals surface area contributed by atoms with E-state index in [0.717, 1.165) is 41.0 Å². The van der Waals surface area contributed by atoms with E-state index in [-0.39, 0.29) is 6.04 Å². The van der Waals surface area contributed by atoms with E-state index in [9.17, 15) is 9.90 Å². The lowest BCUT2D eigenvalue weighted by atomic mass is 9.92. The van der Waals surface area contributed by atoms with Crippen molar-refractivity contribution >= 4 is 11.8 Å². The monoisotopic (exact) mass is 389 g/mol. The van der Waals surface area contributed by atoms with Crippen molar-refractivity contribution in [2.75, 3.05) is 4.90 Å². The Kier molecular flexibility index (Phi) is 4.27. The van der Waals surface area contributed by atoms with Gasteiger partial charge >= 0.3 is 6.09 Å². The Labute approximate surface area is 169 Å². The molecule has 1 aromatic heterocycles. The number of carbonyl (C=O) groups is 1. The Hall–Kier alpha value is -3.28. The zero-order chi connectivity index (χ0) is 20.0. The predicted molar refractivity (Wildman–Crippen MR) is 111 cm³/mol. The van der Waals surface area contributed by atoms with Gasteiger partial charge in [-0.05, 0) is 56.9 Å². The summed E-state index contributed by atoms with van der Waals surface area (Å²) in [5.41, 5.74) is 3.58. The first-order valence-corrected chi connectivity index (χ1v) is 10.1. The molecule has 1 unspecified atom stereocenters. The summed E-state index contributed by atoms with van der Waals surface area (Å²) in [7, 11) is 0. The second-order valence-corrected chi connectivity index (χ2v) is 7.84. The third kappa shape index (κ3) is 3.24. The fraction of sp³-hybridized carbons (Fsp3) is 0.304. The molecule has 1 fully saturated rings. The molecule has 2 heterocycles. The lowest BCUT2D eigenvalue weighted by molar-refractivity contribution is 0.198. The first-order valence-electron chi connectivity index (χ1n) is 10.1. The van der Waals surface area contributed by atoms with Crippen LogP contribution in [0.25, 0.3) is 11.1 Å². The molecule has 1 aliphatic carbocycles. The van der Waals surface area contributed by atoms with Crippen LogP contribution >= 0.6 is 0 Å². The van der Waals surface area contributed by atoms with Crippen molar-refractivity contribution in [3.8, 4) is 22.6 Å². The van der Waals surface area contributed by atoms with Gasteiger partial charge in [0.2, 0.25) is 0 Å². The number of fused-ring (bicyclic) bond motifs is 1. The SMILES string of the molecule is CC1CCc2c(ccc(-c3cnn(C4CC4)c3)c2Oc2ccccc2)N1C(=O)O. The van der Waals surface area contributed by atoms with E-state index in [1.807, 2.05) is 60.3 Å². The van der Waals surface area contributed by atoms with Gasteiger partial charge in [0.1, 0.15) is 11.5 Å². The van der Waals surface area contributed by atoms with Crippen molar-refractivity contribution in [3.63, 3.8) is 0 Å². The molecule has 1 N–H and O–H groups in total. The number of rotatable bonds is 4. The van der Waals surface area contributed by atoms with Gasteiger partial charge in [-0.3, -0.25) is 9.58 Å². The largest absolute Gasteiger partial charge is 0.465 e. The first kappa shape index (κ1) is 17.8. The van der Waals surface area contributed by atoms with Crippen LogP contribution in [0.3, 0.4) is 0 Å². The first-order chi connectivity index (χ1) is 14.1. The van der Waals surface area contributed by atoms with E-state index >= 15 is 0 Å². The second-order valence-electron chi connectivity index (χ2n) is 7.84. The average molecular weight is 389 g/mol. The molecule has 0 radical (unpaired) electrons. The lowest BCUT2D eigenvalue weighted by Gasteiger charge is -2.34. The number of hydrogen-bond donors (Lipinski definition) is 1. The molecule has 3 aromatic rings. The van der Waals surface area contributed by atoms with Crippen molar-refractivity contribution in [1.29, 1.82) is 0 Å². The van der Waals surface area contributed by atoms with Crippen LogP contribution in [0.2, 0.25) is 0 Å². The summed E-state index contributed by atoms with van der Waals surface area (Å²) in [6, 6.07) is 13.9. The highest BCUT2D eigenvalue weighted by Crippen LogP contribution is 2.45. The maximum Gasteiger partial charge on any atom is 0.412 e. The minimum absolute atomic E-state index is 0.0620. The zero-order valence-corrected chi connectivity index (χ0v) is 16.3. The van der Waals surface area contributed by atoms with Gasteiger partial charge in [-0.2, -0.15) is 5.10 Å². The van der Waals surface area contributed by atoms with Gasteiger partial charge in [0, 0.05) is 28.9 Å². The summed E-state index contributed by atoms with van der Waals surface area (Å²) in [6.07, 6.45) is 6.88. The van der Waals surface area contributed by atoms with Crippen LogP contribution in [-0.2, 0) is 6.42 Å². The topological polar surface area (TPSA) is 67.6 Å². The van der Waals surface area contributed by atoms with Gasteiger partial charge in [0.25, 0.3) is 0 Å². The van der Waals surface area contributed by atoms with Gasteiger partial charge in [0.05, 0.1) is 17.9 Å². The van der Waals surface area contributed by atoms with E-state index in [4.69, 9.17) is 4.74 Å². The number of benzene rings is 2. The van der Waals surface area contributed by atoms with E-state index in [2.05, 4.69) is 11.3 Å². The van der Waals surface area contributed by atoms with Crippen LogP contribution < -0.4 is 9.64 Å². The van der Waals surface area contributed by atoms with Crippen molar-refractivity contribution in [3.05, 3.63) is 60.4 Å². The Bertz CT molecular complexity index is 1060. The maximum absolute atomic E-state index is 11.9. The molecule has 1 amide bonds. The van der Waals surface area contributed by atoms with Crippen LogP contribution in [-0.4, -0.2) is 27.0 Å². The molecule has 148 valence electrons. The summed E-state index contributed by atoms with van der Waals surface area (Å²) in [4.78, 5) is 13.4. The third-order valence-electron chi connectivity index (χ3n) is 5.75. The highest BCUT2D eigenvalue weighted by Gasteiger charge is 2.32. The van der Waals surface area contributed by atoms with Gasteiger partial charge < -0.3 is 9.84 Å². The molecule has 6 nitrogen and oxygen atoms in total. The zero-order valence-electron chi connectivity index (χ0n) is 16.3. The molecule has 1 saturated carbocycles. The van der Waals surface area contributed by atoms with Crippen molar-refractivity contribution in [2.24, 2.45) is 0 Å². The molecule has 0 saturated heterocycles. The predicted octanol–water partition coefficient (Wildman–Crippen LogP) is 5.50. The minimum Gasteiger partial charge on any atom is -0.465 e. The van der Waals surface area contributed by atoms with Gasteiger partial charge in [-0.1, -0.05) is 18.2 Å². The molecule has 2 aliphatic rings. The highest BCUT2D eigenvalue weighted by molar-refractivity contribution is 5.91. The molecular formula is C23H23N3O3. The molecule has 1 aliphatic heterocycles. The summed E-state index contributed by atoms with van der Waals surface area (Å²) in [5, 5.41) is 14.3. The third-order valence-corrected chi connectivity index (χ3v) is 5.75. The van der Waals surface area contributed by atoms with Crippen LogP contribution in [0, 0.1) is 0 Å². The van der Waals surface area contributed by atoms with Crippen molar-refractivity contribution in [2.45, 2.75) is 44.7 Å². The van der Waals surface area contributed by atoms with Crippen LogP contribution in [0.15, 0.2) is 54.9 Å². The quantitative estimate of drug-likeness (QED) is 0.640. The Morgan fingerprint density at radius 1 is 1.14 bits per heavy atom. The molecule has 29 heavy (non-hydrogen) atoms. The number of amides is 1. The smallest absolute Gasteiger partial charge is 0.412 e. The Balaban J connectivity index is 1.65. The number of para-hydroxylation sites is 1.